The molecular formula is C14H13ClFNO2. The van der Waals surface area contributed by atoms with Gasteiger partial charge in [-0.25, -0.2) is 4.39 Å². The summed E-state index contributed by atoms with van der Waals surface area (Å²) < 4.78 is 18.8. The first-order valence-electron chi connectivity index (χ1n) is 5.76. The van der Waals surface area contributed by atoms with Crippen LogP contribution < -0.4 is 4.74 Å². The number of pyridine rings is 1. The van der Waals surface area contributed by atoms with E-state index in [0.29, 0.717) is 16.3 Å². The Kier molecular flexibility index (Phi) is 4.35. The number of hydrogen-bond donors (Lipinski definition) is 1. The van der Waals surface area contributed by atoms with E-state index in [1.807, 2.05) is 0 Å². The predicted octanol–water partition coefficient (Wildman–Crippen LogP) is 3.51. The van der Waals surface area contributed by atoms with E-state index in [0.717, 1.165) is 5.56 Å². The molecule has 2 aromatic rings. The van der Waals surface area contributed by atoms with Gasteiger partial charge in [-0.1, -0.05) is 11.6 Å². The molecule has 0 saturated heterocycles. The summed E-state index contributed by atoms with van der Waals surface area (Å²) in [7, 11) is 0. The van der Waals surface area contributed by atoms with Gasteiger partial charge in [-0.2, -0.15) is 0 Å². The first kappa shape index (κ1) is 13.8. The fourth-order valence-corrected chi connectivity index (χ4v) is 1.83. The van der Waals surface area contributed by atoms with Crippen molar-refractivity contribution >= 4 is 11.6 Å². The van der Waals surface area contributed by atoms with Crippen molar-refractivity contribution in [1.82, 2.24) is 4.98 Å². The molecule has 19 heavy (non-hydrogen) atoms. The van der Waals surface area contributed by atoms with Crippen molar-refractivity contribution in [1.29, 1.82) is 0 Å². The SMILES string of the molecule is C[C@H](O)c1ccc(F)cc1OCc1ccncc1Cl. The zero-order chi connectivity index (χ0) is 13.8. The van der Waals surface area contributed by atoms with Crippen molar-refractivity contribution < 1.29 is 14.2 Å². The van der Waals surface area contributed by atoms with Gasteiger partial charge in [0.05, 0.1) is 11.1 Å². The Labute approximate surface area is 115 Å². The summed E-state index contributed by atoms with van der Waals surface area (Å²) in [6.07, 6.45) is 2.39. The van der Waals surface area contributed by atoms with Gasteiger partial charge in [-0.15, -0.1) is 0 Å². The van der Waals surface area contributed by atoms with Gasteiger partial charge in [-0.05, 0) is 25.1 Å². The number of nitrogens with zero attached hydrogens (tertiary/aromatic N) is 1. The maximum atomic E-state index is 13.2. The molecule has 0 aliphatic carbocycles. The smallest absolute Gasteiger partial charge is 0.128 e. The Morgan fingerprint density at radius 3 is 2.89 bits per heavy atom. The Hall–Kier alpha value is -1.65. The maximum absolute atomic E-state index is 13.2. The Balaban J connectivity index is 2.19. The van der Waals surface area contributed by atoms with Gasteiger partial charge in [0.25, 0.3) is 0 Å². The van der Waals surface area contributed by atoms with Crippen LogP contribution in [0.2, 0.25) is 5.02 Å². The lowest BCUT2D eigenvalue weighted by Crippen LogP contribution is -2.02. The molecule has 2 rings (SSSR count). The predicted molar refractivity (Wildman–Crippen MR) is 70.6 cm³/mol. The largest absolute Gasteiger partial charge is 0.488 e. The van der Waals surface area contributed by atoms with Gasteiger partial charge in [0.15, 0.2) is 0 Å². The highest BCUT2D eigenvalue weighted by molar-refractivity contribution is 6.31. The lowest BCUT2D eigenvalue weighted by molar-refractivity contribution is 0.190. The second kappa shape index (κ2) is 5.99. The van der Waals surface area contributed by atoms with Crippen LogP contribution in [0.1, 0.15) is 24.2 Å². The lowest BCUT2D eigenvalue weighted by atomic mass is 10.1. The highest BCUT2D eigenvalue weighted by Gasteiger charge is 2.11. The summed E-state index contributed by atoms with van der Waals surface area (Å²) in [5, 5.41) is 10.1. The number of hydrogen-bond acceptors (Lipinski definition) is 3. The normalized spacial score (nSPS) is 12.2. The van der Waals surface area contributed by atoms with Crippen LogP contribution in [0.3, 0.4) is 0 Å². The third kappa shape index (κ3) is 3.43. The van der Waals surface area contributed by atoms with Gasteiger partial charge in [0, 0.05) is 29.6 Å². The minimum Gasteiger partial charge on any atom is -0.488 e. The Morgan fingerprint density at radius 1 is 1.42 bits per heavy atom. The zero-order valence-corrected chi connectivity index (χ0v) is 11.1. The van der Waals surface area contributed by atoms with E-state index in [1.165, 1.54) is 24.4 Å². The molecule has 1 N–H and O–H groups in total. The van der Waals surface area contributed by atoms with Crippen LogP contribution >= 0.6 is 11.6 Å². The first-order valence-corrected chi connectivity index (χ1v) is 6.14. The average molecular weight is 282 g/mol. The van der Waals surface area contributed by atoms with Crippen molar-refractivity contribution in [3.63, 3.8) is 0 Å². The van der Waals surface area contributed by atoms with Crippen LogP contribution in [0, 0.1) is 5.82 Å². The highest BCUT2D eigenvalue weighted by Crippen LogP contribution is 2.27. The van der Waals surface area contributed by atoms with Crippen LogP contribution in [0.25, 0.3) is 0 Å². The molecule has 0 aliphatic heterocycles. The first-order chi connectivity index (χ1) is 9.08. The number of aliphatic hydroxyl groups excluding tert-OH is 1. The second-order valence-electron chi connectivity index (χ2n) is 4.11. The third-order valence-electron chi connectivity index (χ3n) is 2.67. The molecule has 3 nitrogen and oxygen atoms in total. The van der Waals surface area contributed by atoms with Gasteiger partial charge in [0.2, 0.25) is 0 Å². The molecule has 0 radical (unpaired) electrons. The molecule has 0 amide bonds. The number of halogens is 2. The number of rotatable bonds is 4. The van der Waals surface area contributed by atoms with Gasteiger partial charge >= 0.3 is 0 Å². The fourth-order valence-electron chi connectivity index (χ4n) is 1.65. The van der Waals surface area contributed by atoms with E-state index in [9.17, 15) is 9.50 Å². The van der Waals surface area contributed by atoms with Crippen molar-refractivity contribution in [3.05, 3.63) is 58.6 Å². The third-order valence-corrected chi connectivity index (χ3v) is 3.01. The monoisotopic (exact) mass is 281 g/mol. The van der Waals surface area contributed by atoms with Crippen LogP contribution in [-0.4, -0.2) is 10.1 Å². The molecule has 1 atom stereocenters. The van der Waals surface area contributed by atoms with Crippen LogP contribution in [0.5, 0.6) is 5.75 Å². The van der Waals surface area contributed by atoms with Crippen molar-refractivity contribution in [3.8, 4) is 5.75 Å². The molecule has 0 saturated carbocycles. The van der Waals surface area contributed by atoms with Crippen LogP contribution in [0.4, 0.5) is 4.39 Å². The summed E-state index contributed by atoms with van der Waals surface area (Å²) in [5.74, 6) is -0.108. The van der Waals surface area contributed by atoms with E-state index in [1.54, 1.807) is 19.2 Å². The van der Waals surface area contributed by atoms with E-state index in [-0.39, 0.29) is 6.61 Å². The van der Waals surface area contributed by atoms with Crippen molar-refractivity contribution in [2.45, 2.75) is 19.6 Å². The summed E-state index contributed by atoms with van der Waals surface area (Å²) in [6.45, 7) is 1.78. The Bertz CT molecular complexity index is 575. The van der Waals surface area contributed by atoms with E-state index in [2.05, 4.69) is 4.98 Å². The summed E-state index contributed by atoms with van der Waals surface area (Å²) >= 11 is 5.96. The Morgan fingerprint density at radius 2 is 2.21 bits per heavy atom. The average Bonchev–Trinajstić information content (AvgIpc) is 2.37. The number of aromatic nitrogens is 1. The minimum atomic E-state index is -0.733. The molecule has 0 aliphatic rings. The van der Waals surface area contributed by atoms with E-state index in [4.69, 9.17) is 16.3 Å². The van der Waals surface area contributed by atoms with Gasteiger partial charge in [0.1, 0.15) is 18.2 Å². The van der Waals surface area contributed by atoms with Crippen LogP contribution in [0.15, 0.2) is 36.7 Å². The standard InChI is InChI=1S/C14H13ClFNO2/c1-9(18)12-3-2-11(16)6-14(12)19-8-10-4-5-17-7-13(10)15/h2-7,9,18H,8H2,1H3/t9-/m0/s1. The summed E-state index contributed by atoms with van der Waals surface area (Å²) in [5.41, 5.74) is 1.28. The minimum absolute atomic E-state index is 0.185. The summed E-state index contributed by atoms with van der Waals surface area (Å²) in [6, 6.07) is 5.76. The topological polar surface area (TPSA) is 42.4 Å². The quantitative estimate of drug-likeness (QED) is 0.932. The van der Waals surface area contributed by atoms with E-state index >= 15 is 0 Å². The molecule has 0 unspecified atom stereocenters. The van der Waals surface area contributed by atoms with Crippen LogP contribution in [-0.2, 0) is 6.61 Å². The maximum Gasteiger partial charge on any atom is 0.128 e. The molecule has 0 spiro atoms. The molecule has 5 heteroatoms. The zero-order valence-electron chi connectivity index (χ0n) is 10.3. The van der Waals surface area contributed by atoms with Gasteiger partial charge in [-0.3, -0.25) is 4.98 Å². The highest BCUT2D eigenvalue weighted by atomic mass is 35.5. The lowest BCUT2D eigenvalue weighted by Gasteiger charge is -2.14. The molecule has 100 valence electrons. The van der Waals surface area contributed by atoms with E-state index < -0.39 is 11.9 Å². The molecule has 1 aromatic heterocycles. The summed E-state index contributed by atoms with van der Waals surface area (Å²) in [4.78, 5) is 3.87. The molecular weight excluding hydrogens is 269 g/mol. The number of benzene rings is 1. The molecule has 0 bridgehead atoms. The number of ether oxygens (including phenoxy) is 1. The molecule has 0 fully saturated rings. The van der Waals surface area contributed by atoms with Crippen molar-refractivity contribution in [2.75, 3.05) is 0 Å². The van der Waals surface area contributed by atoms with Crippen molar-refractivity contribution in [2.24, 2.45) is 0 Å². The molecule has 1 heterocycles. The van der Waals surface area contributed by atoms with Gasteiger partial charge < -0.3 is 9.84 Å². The fraction of sp³-hybridized carbons (Fsp3) is 0.214. The molecule has 1 aromatic carbocycles. The number of aliphatic hydroxyl groups is 1. The second-order valence-corrected chi connectivity index (χ2v) is 4.52.